The highest BCUT2D eigenvalue weighted by atomic mass is 19.4. The van der Waals surface area contributed by atoms with Crippen LogP contribution in [0.15, 0.2) is 35.7 Å². The van der Waals surface area contributed by atoms with Gasteiger partial charge in [-0.15, -0.1) is 0 Å². The van der Waals surface area contributed by atoms with Gasteiger partial charge < -0.3 is 14.8 Å². The van der Waals surface area contributed by atoms with E-state index in [0.717, 1.165) is 19.0 Å². The lowest BCUT2D eigenvalue weighted by Gasteiger charge is -2.11. The van der Waals surface area contributed by atoms with Gasteiger partial charge in [0.15, 0.2) is 0 Å². The van der Waals surface area contributed by atoms with Gasteiger partial charge >= 0.3 is 12.1 Å². The van der Waals surface area contributed by atoms with Crippen LogP contribution in [0.1, 0.15) is 54.9 Å². The van der Waals surface area contributed by atoms with Crippen molar-refractivity contribution in [2.24, 2.45) is 0 Å². The van der Waals surface area contributed by atoms with Crippen LogP contribution >= 0.6 is 0 Å². The van der Waals surface area contributed by atoms with Crippen molar-refractivity contribution in [2.75, 3.05) is 26.4 Å². The second-order valence-corrected chi connectivity index (χ2v) is 8.01. The maximum Gasteiger partial charge on any atom is 0.416 e. The van der Waals surface area contributed by atoms with Crippen LogP contribution in [0.2, 0.25) is 0 Å². The average Bonchev–Trinajstić information content (AvgIpc) is 3.12. The fourth-order valence-electron chi connectivity index (χ4n) is 3.55. The molecule has 0 fully saturated rings. The van der Waals surface area contributed by atoms with E-state index in [-0.39, 0.29) is 18.6 Å². The lowest BCUT2D eigenvalue weighted by atomic mass is 10.1. The third kappa shape index (κ3) is 8.65. The molecule has 11 heteroatoms. The maximum atomic E-state index is 13.0. The predicted octanol–water partition coefficient (Wildman–Crippen LogP) is 4.38. The number of fused-ring (bicyclic) bond motifs is 1. The van der Waals surface area contributed by atoms with Crippen molar-refractivity contribution in [3.8, 4) is 0 Å². The summed E-state index contributed by atoms with van der Waals surface area (Å²) in [5.74, 6) is -2.28. The molecule has 1 aliphatic rings. The molecule has 0 aliphatic carbocycles. The van der Waals surface area contributed by atoms with Gasteiger partial charge in [0.1, 0.15) is 0 Å². The highest BCUT2D eigenvalue weighted by Crippen LogP contribution is 2.29. The van der Waals surface area contributed by atoms with Crippen LogP contribution in [-0.4, -0.2) is 54.2 Å². The van der Waals surface area contributed by atoms with Gasteiger partial charge in [0.2, 0.25) is 0 Å². The first-order chi connectivity index (χ1) is 16.5. The molecule has 0 radical (unpaired) electrons. The number of esters is 1. The lowest BCUT2D eigenvalue weighted by Crippen LogP contribution is -2.26. The average molecular weight is 502 g/mol. The lowest BCUT2D eigenvalue weighted by molar-refractivity contribution is -0.138. The number of rotatable bonds is 8. The first-order valence-electron chi connectivity index (χ1n) is 11.5. The minimum absolute atomic E-state index is 0.101. The van der Waals surface area contributed by atoms with Gasteiger partial charge in [0.05, 0.1) is 40.5 Å². The van der Waals surface area contributed by atoms with Crippen LogP contribution in [0.5, 0.6) is 0 Å². The SMILES string of the molecule is C=C(/C=C(\C=C(/C)F)C(F)(F)F)C(=O)OCCCn1nc(CC)c2c1CCCOCCCNC2=O. The van der Waals surface area contributed by atoms with E-state index >= 15 is 0 Å². The van der Waals surface area contributed by atoms with E-state index < -0.39 is 29.1 Å². The summed E-state index contributed by atoms with van der Waals surface area (Å²) in [5.41, 5.74) is 0.107. The van der Waals surface area contributed by atoms with E-state index in [9.17, 15) is 27.2 Å². The second-order valence-electron chi connectivity index (χ2n) is 8.01. The van der Waals surface area contributed by atoms with Crippen LogP contribution in [0.4, 0.5) is 17.6 Å². The zero-order valence-electron chi connectivity index (χ0n) is 20.0. The summed E-state index contributed by atoms with van der Waals surface area (Å²) in [6.45, 7) is 7.94. The molecule has 0 bridgehead atoms. The van der Waals surface area contributed by atoms with Crippen LogP contribution in [-0.2, 0) is 33.7 Å². The van der Waals surface area contributed by atoms with Crippen molar-refractivity contribution in [1.82, 2.24) is 15.1 Å². The molecule has 1 N–H and O–H groups in total. The highest BCUT2D eigenvalue weighted by molar-refractivity contribution is 5.96. The number of hydrogen-bond donors (Lipinski definition) is 1. The van der Waals surface area contributed by atoms with Crippen molar-refractivity contribution in [3.63, 3.8) is 0 Å². The standard InChI is InChI=1S/C24H31F4N3O4/c1-4-19-21-20(8-5-11-34-12-6-9-29-22(21)32)31(30-19)10-7-13-35-23(33)16(2)14-18(15-17(3)25)24(26,27)28/h14-15H,2,4-13H2,1,3H3,(H,29,32)/b17-15+,18-14+. The Morgan fingerprint density at radius 3 is 2.66 bits per heavy atom. The number of ether oxygens (including phenoxy) is 2. The molecular weight excluding hydrogens is 470 g/mol. The number of carbonyl (C=O) groups is 2. The number of hydrogen-bond acceptors (Lipinski definition) is 5. The molecule has 2 rings (SSSR count). The Morgan fingerprint density at radius 2 is 2.00 bits per heavy atom. The number of aromatic nitrogens is 2. The molecule has 1 aliphatic heterocycles. The summed E-state index contributed by atoms with van der Waals surface area (Å²) in [6, 6.07) is 0. The number of amides is 1. The van der Waals surface area contributed by atoms with Crippen LogP contribution in [0.25, 0.3) is 0 Å². The highest BCUT2D eigenvalue weighted by Gasteiger charge is 2.33. The molecule has 7 nitrogen and oxygen atoms in total. The Bertz CT molecular complexity index is 976. The Balaban J connectivity index is 2.05. The molecule has 1 aromatic heterocycles. The van der Waals surface area contributed by atoms with Crippen molar-refractivity contribution in [2.45, 2.75) is 58.7 Å². The van der Waals surface area contributed by atoms with Gasteiger partial charge in [-0.25, -0.2) is 9.18 Å². The molecule has 0 saturated carbocycles. The Kier molecular flexibility index (Phi) is 10.7. The van der Waals surface area contributed by atoms with E-state index in [1.165, 1.54) is 0 Å². The predicted molar refractivity (Wildman–Crippen MR) is 121 cm³/mol. The molecule has 1 aromatic rings. The normalized spacial score (nSPS) is 16.2. The first-order valence-corrected chi connectivity index (χ1v) is 11.5. The molecular formula is C24H31F4N3O4. The summed E-state index contributed by atoms with van der Waals surface area (Å²) in [7, 11) is 0. The third-order valence-corrected chi connectivity index (χ3v) is 5.17. The Labute approximate surface area is 201 Å². The molecule has 0 atom stereocenters. The molecule has 0 spiro atoms. The van der Waals surface area contributed by atoms with Gasteiger partial charge in [-0.2, -0.15) is 18.3 Å². The minimum Gasteiger partial charge on any atom is -0.462 e. The molecule has 2 heterocycles. The summed E-state index contributed by atoms with van der Waals surface area (Å²) >= 11 is 0. The minimum atomic E-state index is -4.85. The number of nitrogens with one attached hydrogen (secondary N) is 1. The molecule has 1 amide bonds. The fourth-order valence-corrected chi connectivity index (χ4v) is 3.55. The van der Waals surface area contributed by atoms with Crippen LogP contribution < -0.4 is 5.32 Å². The monoisotopic (exact) mass is 501 g/mol. The smallest absolute Gasteiger partial charge is 0.416 e. The summed E-state index contributed by atoms with van der Waals surface area (Å²) in [5, 5.41) is 7.45. The third-order valence-electron chi connectivity index (χ3n) is 5.17. The summed E-state index contributed by atoms with van der Waals surface area (Å²) in [6.07, 6.45) is -1.23. The van der Waals surface area contributed by atoms with E-state index in [1.807, 2.05) is 6.92 Å². The molecule has 194 valence electrons. The van der Waals surface area contributed by atoms with E-state index in [1.54, 1.807) is 4.68 Å². The molecule has 0 saturated heterocycles. The summed E-state index contributed by atoms with van der Waals surface area (Å²) < 4.78 is 64.3. The van der Waals surface area contributed by atoms with Crippen LogP contribution in [0, 0.1) is 0 Å². The molecule has 0 aromatic carbocycles. The zero-order valence-corrected chi connectivity index (χ0v) is 20.0. The van der Waals surface area contributed by atoms with Crippen molar-refractivity contribution in [1.29, 1.82) is 0 Å². The second kappa shape index (κ2) is 13.2. The van der Waals surface area contributed by atoms with Gasteiger partial charge in [-0.05, 0) is 44.8 Å². The molecule has 0 unspecified atom stereocenters. The number of halogens is 4. The summed E-state index contributed by atoms with van der Waals surface area (Å²) in [4.78, 5) is 24.8. The zero-order chi connectivity index (χ0) is 26.0. The van der Waals surface area contributed by atoms with Gasteiger partial charge in [-0.3, -0.25) is 9.48 Å². The topological polar surface area (TPSA) is 82.5 Å². The number of carbonyl (C=O) groups excluding carboxylic acids is 2. The van der Waals surface area contributed by atoms with Crippen molar-refractivity contribution >= 4 is 11.9 Å². The Hall–Kier alpha value is -2.95. The van der Waals surface area contributed by atoms with Crippen molar-refractivity contribution in [3.05, 3.63) is 52.7 Å². The number of aryl methyl sites for hydroxylation is 2. The van der Waals surface area contributed by atoms with Gasteiger partial charge in [0.25, 0.3) is 5.91 Å². The number of allylic oxidation sites excluding steroid dienone is 3. The fraction of sp³-hybridized carbons (Fsp3) is 0.542. The molecule has 35 heavy (non-hydrogen) atoms. The van der Waals surface area contributed by atoms with Gasteiger partial charge in [-0.1, -0.05) is 13.5 Å². The van der Waals surface area contributed by atoms with E-state index in [4.69, 9.17) is 9.47 Å². The van der Waals surface area contributed by atoms with Crippen LogP contribution in [0.3, 0.4) is 0 Å². The van der Waals surface area contributed by atoms with Crippen molar-refractivity contribution < 1.29 is 36.6 Å². The Morgan fingerprint density at radius 1 is 1.29 bits per heavy atom. The van der Waals surface area contributed by atoms with E-state index in [0.29, 0.717) is 69.3 Å². The number of alkyl halides is 3. The quantitative estimate of drug-likeness (QED) is 0.188. The van der Waals surface area contributed by atoms with E-state index in [2.05, 4.69) is 17.0 Å². The number of nitrogens with zero attached hydrogens (tertiary/aromatic N) is 2. The maximum absolute atomic E-state index is 13.0. The van der Waals surface area contributed by atoms with Gasteiger partial charge in [0, 0.05) is 32.7 Å². The largest absolute Gasteiger partial charge is 0.462 e. The first kappa shape index (κ1) is 28.3.